The first kappa shape index (κ1) is 24.7. The monoisotopic (exact) mass is 442 g/mol. The summed E-state index contributed by atoms with van der Waals surface area (Å²) in [6.07, 6.45) is -0.470. The Morgan fingerprint density at radius 1 is 1.20 bits per heavy atom. The van der Waals surface area contributed by atoms with Crippen molar-refractivity contribution in [2.24, 2.45) is 0 Å². The molecule has 168 valence electrons. The Bertz CT molecular complexity index is 671. The van der Waals surface area contributed by atoms with Crippen LogP contribution < -0.4 is 0 Å². The summed E-state index contributed by atoms with van der Waals surface area (Å²) in [5.74, 6) is 0. The fraction of sp³-hybridized carbons (Fsp3) is 1.00. The molecule has 4 radical (unpaired) electrons. The van der Waals surface area contributed by atoms with Gasteiger partial charge >= 0.3 is 7.60 Å². The zero-order valence-corrected chi connectivity index (χ0v) is 19.6. The highest BCUT2D eigenvalue weighted by molar-refractivity contribution is 7.54. The van der Waals surface area contributed by atoms with Gasteiger partial charge in [0.05, 0.1) is 31.0 Å². The molecule has 3 rings (SSSR count). The molecule has 8 atom stereocenters. The third kappa shape index (κ3) is 4.86. The van der Waals surface area contributed by atoms with E-state index < -0.39 is 54.5 Å². The zero-order chi connectivity index (χ0) is 22.5. The van der Waals surface area contributed by atoms with Gasteiger partial charge in [-0.05, 0) is 47.5 Å². The summed E-state index contributed by atoms with van der Waals surface area (Å²) < 4.78 is 48.1. The lowest BCUT2D eigenvalue weighted by molar-refractivity contribution is -0.153. The van der Waals surface area contributed by atoms with Gasteiger partial charge in [-0.15, -0.1) is 0 Å². The lowest BCUT2D eigenvalue weighted by Crippen LogP contribution is -2.49. The van der Waals surface area contributed by atoms with Crippen LogP contribution in [0, 0.1) is 0 Å². The van der Waals surface area contributed by atoms with Gasteiger partial charge in [0.15, 0.2) is 5.34 Å². The molecular formula is C19H33B2O8P. The van der Waals surface area contributed by atoms with Gasteiger partial charge in [0.1, 0.15) is 33.5 Å². The van der Waals surface area contributed by atoms with E-state index in [4.69, 9.17) is 43.9 Å². The molecule has 1 N–H and O–H groups in total. The van der Waals surface area contributed by atoms with Crippen LogP contribution >= 0.6 is 7.60 Å². The van der Waals surface area contributed by atoms with E-state index in [9.17, 15) is 9.46 Å². The van der Waals surface area contributed by atoms with Crippen LogP contribution in [0.2, 0.25) is 0 Å². The van der Waals surface area contributed by atoms with Gasteiger partial charge in [0.25, 0.3) is 0 Å². The fourth-order valence-corrected chi connectivity index (χ4v) is 5.12. The van der Waals surface area contributed by atoms with Crippen molar-refractivity contribution in [1.29, 1.82) is 0 Å². The van der Waals surface area contributed by atoms with Crippen molar-refractivity contribution in [1.82, 2.24) is 0 Å². The Hall–Kier alpha value is 0.0799. The highest BCUT2D eigenvalue weighted by Crippen LogP contribution is 2.58. The summed E-state index contributed by atoms with van der Waals surface area (Å²) in [7, 11) is 7.64. The average molecular weight is 442 g/mol. The fourth-order valence-electron chi connectivity index (χ4n) is 4.15. The van der Waals surface area contributed by atoms with Crippen molar-refractivity contribution in [3.05, 3.63) is 0 Å². The van der Waals surface area contributed by atoms with Crippen molar-refractivity contribution < 1.29 is 37.7 Å². The van der Waals surface area contributed by atoms with Crippen LogP contribution in [0.1, 0.15) is 54.4 Å². The summed E-state index contributed by atoms with van der Waals surface area (Å²) in [5.41, 5.74) is -1.53. The van der Waals surface area contributed by atoms with E-state index in [1.165, 1.54) is 13.8 Å². The minimum Gasteiger partial charge on any atom is -0.382 e. The molecule has 0 aromatic heterocycles. The Labute approximate surface area is 182 Å². The number of rotatable bonds is 8. The molecule has 8 unspecified atom stereocenters. The molecule has 0 aliphatic carbocycles. The first-order valence-electron chi connectivity index (χ1n) is 10.5. The molecule has 0 saturated carbocycles. The SMILES string of the molecule is [B]C1CC(OC(C)(C)P(=O)(O)OCC23COC(C([B])O2)C3OC(C)(C)C)C(CC)O1. The maximum atomic E-state index is 13.2. The predicted octanol–water partition coefficient (Wildman–Crippen LogP) is 1.85. The number of ether oxygens (including phenoxy) is 5. The van der Waals surface area contributed by atoms with Crippen LogP contribution in [0.15, 0.2) is 0 Å². The van der Waals surface area contributed by atoms with Crippen molar-refractivity contribution in [3.8, 4) is 0 Å². The number of fused-ring (bicyclic) bond motifs is 2. The number of hydrogen-bond donors (Lipinski definition) is 1. The molecule has 0 spiro atoms. The minimum absolute atomic E-state index is 0.163. The molecule has 3 heterocycles. The van der Waals surface area contributed by atoms with Gasteiger partial charge < -0.3 is 33.1 Å². The third-order valence-electron chi connectivity index (χ3n) is 5.75. The van der Waals surface area contributed by atoms with Crippen LogP contribution in [0.4, 0.5) is 0 Å². The molecular weight excluding hydrogens is 409 g/mol. The first-order chi connectivity index (χ1) is 13.7. The van der Waals surface area contributed by atoms with Gasteiger partial charge in [0, 0.05) is 12.0 Å². The summed E-state index contributed by atoms with van der Waals surface area (Å²) >= 11 is 0. The molecule has 0 aromatic carbocycles. The third-order valence-corrected chi connectivity index (χ3v) is 7.69. The normalized spacial score (nSPS) is 41.3. The molecule has 11 heteroatoms. The van der Waals surface area contributed by atoms with Crippen LogP contribution in [0.3, 0.4) is 0 Å². The van der Waals surface area contributed by atoms with Crippen LogP contribution in [0.5, 0.6) is 0 Å². The van der Waals surface area contributed by atoms with E-state index in [0.717, 1.165) is 0 Å². The molecule has 30 heavy (non-hydrogen) atoms. The average Bonchev–Trinajstić information content (AvgIpc) is 3.20. The van der Waals surface area contributed by atoms with Crippen LogP contribution in [-0.2, 0) is 32.8 Å². The molecule has 8 nitrogen and oxygen atoms in total. The van der Waals surface area contributed by atoms with Crippen LogP contribution in [0.25, 0.3) is 0 Å². The highest BCUT2D eigenvalue weighted by Gasteiger charge is 2.62. The van der Waals surface area contributed by atoms with E-state index >= 15 is 0 Å². The predicted molar refractivity (Wildman–Crippen MR) is 112 cm³/mol. The maximum Gasteiger partial charge on any atom is 0.359 e. The second kappa shape index (κ2) is 8.45. The van der Waals surface area contributed by atoms with E-state index in [2.05, 4.69) is 0 Å². The zero-order valence-electron chi connectivity index (χ0n) is 18.7. The minimum atomic E-state index is -4.24. The Morgan fingerprint density at radius 2 is 1.87 bits per heavy atom. The molecule has 3 aliphatic heterocycles. The summed E-state index contributed by atoms with van der Waals surface area (Å²) in [6, 6.07) is -1.15. The molecule has 3 saturated heterocycles. The van der Waals surface area contributed by atoms with Gasteiger partial charge in [-0.25, -0.2) is 0 Å². The maximum absolute atomic E-state index is 13.2. The molecule has 0 aromatic rings. The Balaban J connectivity index is 1.69. The molecule has 2 bridgehead atoms. The summed E-state index contributed by atoms with van der Waals surface area (Å²) in [6.45, 7) is 10.7. The van der Waals surface area contributed by atoms with E-state index in [1.807, 2.05) is 27.7 Å². The van der Waals surface area contributed by atoms with Crippen molar-refractivity contribution >= 4 is 23.3 Å². The lowest BCUT2D eigenvalue weighted by atomic mass is 9.91. The second-order valence-corrected chi connectivity index (χ2v) is 12.2. The van der Waals surface area contributed by atoms with Crippen LogP contribution in [-0.4, -0.2) is 86.8 Å². The Kier molecular flexibility index (Phi) is 6.96. The van der Waals surface area contributed by atoms with Crippen molar-refractivity contribution in [2.75, 3.05) is 13.2 Å². The largest absolute Gasteiger partial charge is 0.382 e. The van der Waals surface area contributed by atoms with E-state index in [1.54, 1.807) is 0 Å². The van der Waals surface area contributed by atoms with E-state index in [-0.39, 0.29) is 19.3 Å². The van der Waals surface area contributed by atoms with Gasteiger partial charge in [-0.1, -0.05) is 6.92 Å². The quantitative estimate of drug-likeness (QED) is 0.450. The summed E-state index contributed by atoms with van der Waals surface area (Å²) in [5, 5.41) is -1.48. The highest BCUT2D eigenvalue weighted by atomic mass is 31.2. The Morgan fingerprint density at radius 3 is 2.43 bits per heavy atom. The second-order valence-electron chi connectivity index (χ2n) is 9.83. The standard InChI is InChI=1S/C19H33B2O8P/c1-7-11-12(8-13(20)26-11)27-18(5,6)30(22,23)25-10-19-9-24-14(16(21)29-19)15(19)28-17(2,3)4/h11-16H,7-10H2,1-6H3,(H,22,23). The van der Waals surface area contributed by atoms with Gasteiger partial charge in [-0.3, -0.25) is 4.57 Å². The first-order valence-corrected chi connectivity index (χ1v) is 12.1. The molecule has 0 amide bonds. The topological polar surface area (TPSA) is 92.7 Å². The van der Waals surface area contributed by atoms with Gasteiger partial charge in [0.2, 0.25) is 0 Å². The van der Waals surface area contributed by atoms with Gasteiger partial charge in [-0.2, -0.15) is 0 Å². The smallest absolute Gasteiger partial charge is 0.359 e. The molecule has 3 aliphatic rings. The summed E-state index contributed by atoms with van der Waals surface area (Å²) in [4.78, 5) is 10.8. The van der Waals surface area contributed by atoms with E-state index in [0.29, 0.717) is 12.8 Å². The van der Waals surface area contributed by atoms with Crippen molar-refractivity contribution in [3.63, 3.8) is 0 Å². The number of hydrogen-bond acceptors (Lipinski definition) is 7. The van der Waals surface area contributed by atoms with Crippen molar-refractivity contribution in [2.45, 2.75) is 107 Å². The lowest BCUT2D eigenvalue weighted by Gasteiger charge is -2.37. The molecule has 3 fully saturated rings.